The fourth-order valence-electron chi connectivity index (χ4n) is 6.02. The topological polar surface area (TPSA) is 112 Å². The van der Waals surface area contributed by atoms with Crippen molar-refractivity contribution in [2.45, 2.75) is 59.3 Å². The molecule has 2 aliphatic rings. The zero-order valence-corrected chi connectivity index (χ0v) is 22.3. The first-order valence-electron chi connectivity index (χ1n) is 12.6. The van der Waals surface area contributed by atoms with Gasteiger partial charge in [-0.05, 0) is 23.8 Å². The van der Waals surface area contributed by atoms with Gasteiger partial charge in [-0.15, -0.1) is 5.10 Å². The van der Waals surface area contributed by atoms with Gasteiger partial charge in [-0.25, -0.2) is 37.5 Å². The highest BCUT2D eigenvalue weighted by Gasteiger charge is 2.63. The van der Waals surface area contributed by atoms with Crippen LogP contribution >= 0.6 is 10.9 Å². The molecule has 42 heavy (non-hydrogen) atoms. The van der Waals surface area contributed by atoms with Crippen molar-refractivity contribution in [1.29, 1.82) is 0 Å². The van der Waals surface area contributed by atoms with Gasteiger partial charge in [-0.2, -0.15) is 13.2 Å². The summed E-state index contributed by atoms with van der Waals surface area (Å²) >= 11 is 0. The van der Waals surface area contributed by atoms with Gasteiger partial charge in [-0.3, -0.25) is 0 Å². The van der Waals surface area contributed by atoms with E-state index in [0.717, 1.165) is 29.1 Å². The number of nitrogens with zero attached hydrogens (tertiary/aromatic N) is 3. The molecule has 0 amide bonds. The Morgan fingerprint density at radius 2 is 1.67 bits per heavy atom. The first kappa shape index (κ1) is 30.7. The predicted molar refractivity (Wildman–Crippen MR) is 134 cm³/mol. The molecule has 16 heteroatoms. The Balaban J connectivity index is 1.52. The van der Waals surface area contributed by atoms with E-state index in [9.17, 15) is 55.5 Å². The standard InChI is InChI=1S/C26H25F8N3O4S/c27-15-5-12(6-16(28)20(15)29)17-7-37(36-35-17)21-18(39)9-42(19(8-38)22(21)40)23(24(41)10-25(30,31)11-24)13-3-1-2-4-14(13)26(32,33)34/h1-7,18-19,21-23,38-42H,8-11H2/t18-,19+,21-,22-,23-/m0/s1. The van der Waals surface area contributed by atoms with E-state index < -0.39 is 111 Å². The lowest BCUT2D eigenvalue weighted by Crippen LogP contribution is -2.58. The van der Waals surface area contributed by atoms with Crippen LogP contribution in [0, 0.1) is 17.5 Å². The molecule has 1 aromatic heterocycles. The summed E-state index contributed by atoms with van der Waals surface area (Å²) in [5, 5.41) is 48.6. The van der Waals surface area contributed by atoms with Crippen LogP contribution in [0.2, 0.25) is 0 Å². The normalized spacial score (nSPS) is 28.7. The summed E-state index contributed by atoms with van der Waals surface area (Å²) in [6.45, 7) is -0.844. The Hall–Kier alpha value is -2.79. The second-order valence-corrected chi connectivity index (χ2v) is 13.2. The first-order valence-corrected chi connectivity index (χ1v) is 14.3. The van der Waals surface area contributed by atoms with E-state index in [4.69, 9.17) is 0 Å². The van der Waals surface area contributed by atoms with Gasteiger partial charge in [0.25, 0.3) is 5.92 Å². The summed E-state index contributed by atoms with van der Waals surface area (Å²) < 4.78 is 112. The van der Waals surface area contributed by atoms with Gasteiger partial charge in [-0.1, -0.05) is 23.4 Å². The Morgan fingerprint density at radius 1 is 1.05 bits per heavy atom. The summed E-state index contributed by atoms with van der Waals surface area (Å²) in [7, 11) is -2.20. The van der Waals surface area contributed by atoms with Crippen molar-refractivity contribution in [3.63, 3.8) is 0 Å². The van der Waals surface area contributed by atoms with Crippen molar-refractivity contribution >= 4 is 10.9 Å². The third kappa shape index (κ3) is 5.38. The molecule has 230 valence electrons. The van der Waals surface area contributed by atoms with Crippen molar-refractivity contribution in [1.82, 2.24) is 15.0 Å². The van der Waals surface area contributed by atoms with Crippen LogP contribution in [-0.4, -0.2) is 76.8 Å². The maximum atomic E-state index is 14.0. The molecule has 7 nitrogen and oxygen atoms in total. The molecule has 3 aromatic rings. The van der Waals surface area contributed by atoms with Crippen LogP contribution in [0.25, 0.3) is 11.3 Å². The molecular formula is C26H25F8N3O4S. The van der Waals surface area contributed by atoms with Crippen molar-refractivity contribution in [2.75, 3.05) is 12.4 Å². The largest absolute Gasteiger partial charge is 0.416 e. The highest BCUT2D eigenvalue weighted by atomic mass is 32.2. The van der Waals surface area contributed by atoms with Crippen LogP contribution < -0.4 is 0 Å². The second-order valence-electron chi connectivity index (χ2n) is 10.6. The maximum absolute atomic E-state index is 14.0. The number of thiol groups is 1. The fraction of sp³-hybridized carbons (Fsp3) is 0.462. The zero-order chi connectivity index (χ0) is 30.8. The molecule has 1 unspecified atom stereocenters. The molecule has 2 heterocycles. The molecule has 6 atom stereocenters. The maximum Gasteiger partial charge on any atom is 0.416 e. The molecular weight excluding hydrogens is 602 g/mol. The summed E-state index contributed by atoms with van der Waals surface area (Å²) in [6, 6.07) is 4.05. The number of benzene rings is 2. The molecule has 1 aliphatic heterocycles. The molecule has 0 bridgehead atoms. The molecule has 4 N–H and O–H groups in total. The van der Waals surface area contributed by atoms with Crippen molar-refractivity contribution in [2.24, 2.45) is 0 Å². The average Bonchev–Trinajstić information content (AvgIpc) is 3.35. The molecule has 1 aliphatic carbocycles. The van der Waals surface area contributed by atoms with Gasteiger partial charge in [0.2, 0.25) is 0 Å². The number of hydrogen-bond acceptors (Lipinski definition) is 6. The van der Waals surface area contributed by atoms with Gasteiger partial charge in [0.1, 0.15) is 11.7 Å². The Kier molecular flexibility index (Phi) is 7.83. The molecule has 2 aromatic carbocycles. The SMILES string of the molecule is OC[C@@H]1[C@H](O)[C@@H](n2cc(-c3cc(F)c(F)c(F)c3)nn2)[C@@H](O)C[SH]1[C@@H](c1ccccc1C(F)(F)F)C1(O)CC(F)(F)C1. The third-order valence-corrected chi connectivity index (χ3v) is 11.3. The highest BCUT2D eigenvalue weighted by Crippen LogP contribution is 2.65. The number of halogens is 8. The quantitative estimate of drug-likeness (QED) is 0.161. The van der Waals surface area contributed by atoms with Gasteiger partial charge in [0.05, 0.1) is 36.2 Å². The molecule has 2 fully saturated rings. The molecule has 1 saturated heterocycles. The second kappa shape index (κ2) is 10.7. The van der Waals surface area contributed by atoms with Gasteiger partial charge >= 0.3 is 6.18 Å². The number of alkyl halides is 5. The molecule has 0 radical (unpaired) electrons. The van der Waals surface area contributed by atoms with E-state index in [1.54, 1.807) is 0 Å². The smallest absolute Gasteiger partial charge is 0.395 e. The number of rotatable bonds is 6. The lowest BCUT2D eigenvalue weighted by molar-refractivity contribution is -0.205. The average molecular weight is 628 g/mol. The number of aliphatic hydroxyl groups is 4. The van der Waals surface area contributed by atoms with Crippen LogP contribution in [0.1, 0.15) is 35.3 Å². The van der Waals surface area contributed by atoms with Crippen LogP contribution in [0.15, 0.2) is 42.6 Å². The minimum absolute atomic E-state index is 0.177. The van der Waals surface area contributed by atoms with Crippen molar-refractivity contribution in [3.05, 3.63) is 71.2 Å². The molecule has 1 saturated carbocycles. The van der Waals surface area contributed by atoms with E-state index >= 15 is 0 Å². The van der Waals surface area contributed by atoms with E-state index in [1.165, 1.54) is 6.07 Å². The minimum atomic E-state index is -4.92. The third-order valence-electron chi connectivity index (χ3n) is 7.78. The Bertz CT molecular complexity index is 1440. The summed E-state index contributed by atoms with van der Waals surface area (Å²) in [5.74, 6) is -8.48. The van der Waals surface area contributed by atoms with E-state index in [-0.39, 0.29) is 11.3 Å². The van der Waals surface area contributed by atoms with E-state index in [0.29, 0.717) is 12.1 Å². The van der Waals surface area contributed by atoms with Crippen LogP contribution in [0.3, 0.4) is 0 Å². The van der Waals surface area contributed by atoms with Crippen LogP contribution in [0.5, 0.6) is 0 Å². The number of aromatic nitrogens is 3. The van der Waals surface area contributed by atoms with E-state index in [2.05, 4.69) is 10.3 Å². The molecule has 5 rings (SSSR count). The summed E-state index contributed by atoms with van der Waals surface area (Å²) in [5.41, 5.74) is -4.40. The first-order chi connectivity index (χ1) is 19.6. The van der Waals surface area contributed by atoms with E-state index in [1.807, 2.05) is 0 Å². The van der Waals surface area contributed by atoms with Crippen LogP contribution in [-0.2, 0) is 6.18 Å². The van der Waals surface area contributed by atoms with Crippen LogP contribution in [0.4, 0.5) is 35.1 Å². The van der Waals surface area contributed by atoms with Crippen molar-refractivity contribution in [3.8, 4) is 11.3 Å². The summed E-state index contributed by atoms with van der Waals surface area (Å²) in [6.07, 6.45) is -9.46. The molecule has 0 spiro atoms. The Labute approximate surface area is 235 Å². The number of hydrogen-bond donors (Lipinski definition) is 5. The Morgan fingerprint density at radius 3 is 2.24 bits per heavy atom. The summed E-state index contributed by atoms with van der Waals surface area (Å²) in [4.78, 5) is 0. The van der Waals surface area contributed by atoms with Gasteiger partial charge in [0.15, 0.2) is 17.5 Å². The monoisotopic (exact) mass is 627 g/mol. The van der Waals surface area contributed by atoms with Gasteiger partial charge in [0, 0.05) is 34.7 Å². The lowest BCUT2D eigenvalue weighted by atomic mass is 9.72. The highest BCUT2D eigenvalue weighted by molar-refractivity contribution is 8.18. The minimum Gasteiger partial charge on any atom is -0.395 e. The van der Waals surface area contributed by atoms with Crippen molar-refractivity contribution < 1.29 is 55.5 Å². The predicted octanol–water partition coefficient (Wildman–Crippen LogP) is 3.92. The zero-order valence-electron chi connectivity index (χ0n) is 21.4. The van der Waals surface area contributed by atoms with Gasteiger partial charge < -0.3 is 20.4 Å². The lowest BCUT2D eigenvalue weighted by Gasteiger charge is -2.56. The fourth-order valence-corrected chi connectivity index (χ4v) is 9.69. The number of aliphatic hydroxyl groups excluding tert-OH is 3.